The van der Waals surface area contributed by atoms with Crippen LogP contribution in [-0.2, 0) is 6.18 Å². The summed E-state index contributed by atoms with van der Waals surface area (Å²) < 4.78 is 43.7. The van der Waals surface area contributed by atoms with Gasteiger partial charge in [0.05, 0.1) is 5.56 Å². The summed E-state index contributed by atoms with van der Waals surface area (Å²) in [4.78, 5) is 4.21. The smallest absolute Gasteiger partial charge is 0.416 e. The summed E-state index contributed by atoms with van der Waals surface area (Å²) in [5.74, 6) is 0.772. The standard InChI is InChI=1S/C21H25F3N2O2/c1-16-4-2-3-5-20(16)28-15-19(27)14-25-10-12-26(13-11-25)18-8-6-17(7-9-18)21(22,23)24/h2-9,19,27H,10-15H2,1H3. The minimum Gasteiger partial charge on any atom is -0.491 e. The van der Waals surface area contributed by atoms with Gasteiger partial charge in [-0.25, -0.2) is 0 Å². The van der Waals surface area contributed by atoms with Gasteiger partial charge in [0.2, 0.25) is 0 Å². The van der Waals surface area contributed by atoms with Gasteiger partial charge in [0, 0.05) is 38.4 Å². The highest BCUT2D eigenvalue weighted by atomic mass is 19.4. The van der Waals surface area contributed by atoms with Crippen molar-refractivity contribution >= 4 is 5.69 Å². The summed E-state index contributed by atoms with van der Waals surface area (Å²) in [5.41, 5.74) is 1.18. The molecule has 2 aromatic carbocycles. The summed E-state index contributed by atoms with van der Waals surface area (Å²) in [5, 5.41) is 10.3. The quantitative estimate of drug-likeness (QED) is 0.813. The number of piperazine rings is 1. The highest BCUT2D eigenvalue weighted by Crippen LogP contribution is 2.30. The normalized spacial score (nSPS) is 16.8. The molecule has 1 fully saturated rings. The van der Waals surface area contributed by atoms with Crippen molar-refractivity contribution in [2.75, 3.05) is 44.2 Å². The molecule has 0 aromatic heterocycles. The minimum absolute atomic E-state index is 0.226. The largest absolute Gasteiger partial charge is 0.491 e. The maximum Gasteiger partial charge on any atom is 0.416 e. The van der Waals surface area contributed by atoms with E-state index in [0.717, 1.165) is 42.2 Å². The highest BCUT2D eigenvalue weighted by Gasteiger charge is 2.30. The Kier molecular flexibility index (Phi) is 6.46. The molecule has 28 heavy (non-hydrogen) atoms. The Bertz CT molecular complexity index is 757. The van der Waals surface area contributed by atoms with Gasteiger partial charge in [0.15, 0.2) is 0 Å². The van der Waals surface area contributed by atoms with E-state index in [2.05, 4.69) is 9.80 Å². The number of alkyl halides is 3. The van der Waals surface area contributed by atoms with Crippen molar-refractivity contribution < 1.29 is 23.0 Å². The van der Waals surface area contributed by atoms with Crippen LogP contribution in [0.4, 0.5) is 18.9 Å². The first-order chi connectivity index (χ1) is 13.3. The van der Waals surface area contributed by atoms with Crippen LogP contribution in [0.3, 0.4) is 0 Å². The fourth-order valence-corrected chi connectivity index (χ4v) is 3.30. The predicted octanol–water partition coefficient (Wildman–Crippen LogP) is 3.58. The summed E-state index contributed by atoms with van der Waals surface area (Å²) in [6.07, 6.45) is -4.91. The lowest BCUT2D eigenvalue weighted by Gasteiger charge is -2.37. The van der Waals surface area contributed by atoms with Gasteiger partial charge in [-0.05, 0) is 42.8 Å². The topological polar surface area (TPSA) is 35.9 Å². The molecular formula is C21H25F3N2O2. The molecule has 0 bridgehead atoms. The molecular weight excluding hydrogens is 369 g/mol. The summed E-state index contributed by atoms with van der Waals surface area (Å²) >= 11 is 0. The fourth-order valence-electron chi connectivity index (χ4n) is 3.30. The summed E-state index contributed by atoms with van der Waals surface area (Å²) in [6, 6.07) is 13.0. The molecule has 1 unspecified atom stereocenters. The van der Waals surface area contributed by atoms with Crippen LogP contribution >= 0.6 is 0 Å². The average Bonchev–Trinajstić information content (AvgIpc) is 2.67. The maximum absolute atomic E-state index is 12.7. The van der Waals surface area contributed by atoms with Crippen LogP contribution < -0.4 is 9.64 Å². The predicted molar refractivity (Wildman–Crippen MR) is 103 cm³/mol. The summed E-state index contributed by atoms with van der Waals surface area (Å²) in [7, 11) is 0. The number of benzene rings is 2. The second-order valence-electron chi connectivity index (χ2n) is 7.06. The third-order valence-corrected chi connectivity index (χ3v) is 4.93. The molecule has 0 spiro atoms. The molecule has 1 aliphatic rings. The highest BCUT2D eigenvalue weighted by molar-refractivity contribution is 5.48. The number of β-amino-alcohol motifs (C(OH)–C–C–N with tert-alkyl or cyclic N) is 1. The molecule has 1 N–H and O–H groups in total. The van der Waals surface area contributed by atoms with E-state index in [1.807, 2.05) is 31.2 Å². The van der Waals surface area contributed by atoms with E-state index in [0.29, 0.717) is 19.6 Å². The van der Waals surface area contributed by atoms with E-state index in [1.165, 1.54) is 12.1 Å². The zero-order valence-electron chi connectivity index (χ0n) is 15.8. The van der Waals surface area contributed by atoms with Crippen LogP contribution in [0.2, 0.25) is 0 Å². The van der Waals surface area contributed by atoms with E-state index < -0.39 is 17.8 Å². The molecule has 152 valence electrons. The molecule has 2 aromatic rings. The minimum atomic E-state index is -4.31. The van der Waals surface area contributed by atoms with Crippen LogP contribution in [0.15, 0.2) is 48.5 Å². The van der Waals surface area contributed by atoms with Crippen LogP contribution in [0.1, 0.15) is 11.1 Å². The first kappa shape index (κ1) is 20.5. The SMILES string of the molecule is Cc1ccccc1OCC(O)CN1CCN(c2ccc(C(F)(F)F)cc2)CC1. The first-order valence-corrected chi connectivity index (χ1v) is 9.34. The number of anilines is 1. The Morgan fingerprint density at radius 2 is 1.64 bits per heavy atom. The third-order valence-electron chi connectivity index (χ3n) is 4.93. The van der Waals surface area contributed by atoms with Crippen molar-refractivity contribution in [1.29, 1.82) is 0 Å². The number of aryl methyl sites for hydroxylation is 1. The zero-order chi connectivity index (χ0) is 20.1. The van der Waals surface area contributed by atoms with E-state index in [9.17, 15) is 18.3 Å². The number of halogens is 3. The molecule has 0 aliphatic carbocycles. The van der Waals surface area contributed by atoms with Gasteiger partial charge in [0.1, 0.15) is 18.5 Å². The van der Waals surface area contributed by atoms with Crippen LogP contribution in [0.5, 0.6) is 5.75 Å². The number of hydrogen-bond donors (Lipinski definition) is 1. The van der Waals surface area contributed by atoms with E-state index in [1.54, 1.807) is 0 Å². The Hall–Kier alpha value is -2.25. The number of para-hydroxylation sites is 1. The first-order valence-electron chi connectivity index (χ1n) is 9.34. The lowest BCUT2D eigenvalue weighted by molar-refractivity contribution is -0.137. The van der Waals surface area contributed by atoms with Gasteiger partial charge >= 0.3 is 6.18 Å². The van der Waals surface area contributed by atoms with Gasteiger partial charge in [-0.3, -0.25) is 4.90 Å². The Morgan fingerprint density at radius 1 is 1.00 bits per heavy atom. The molecule has 1 saturated heterocycles. The van der Waals surface area contributed by atoms with Crippen molar-refractivity contribution in [1.82, 2.24) is 4.90 Å². The van der Waals surface area contributed by atoms with Crippen molar-refractivity contribution in [2.45, 2.75) is 19.2 Å². The molecule has 1 heterocycles. The maximum atomic E-state index is 12.7. The molecule has 0 saturated carbocycles. The molecule has 4 nitrogen and oxygen atoms in total. The Morgan fingerprint density at radius 3 is 2.25 bits per heavy atom. The van der Waals surface area contributed by atoms with Gasteiger partial charge in [0.25, 0.3) is 0 Å². The zero-order valence-corrected chi connectivity index (χ0v) is 15.8. The Balaban J connectivity index is 1.44. The average molecular weight is 394 g/mol. The molecule has 0 radical (unpaired) electrons. The number of hydrogen-bond acceptors (Lipinski definition) is 4. The lowest BCUT2D eigenvalue weighted by Crippen LogP contribution is -2.49. The van der Waals surface area contributed by atoms with Gasteiger partial charge < -0.3 is 14.7 Å². The van der Waals surface area contributed by atoms with E-state index in [4.69, 9.17) is 4.74 Å². The van der Waals surface area contributed by atoms with Crippen molar-refractivity contribution in [3.8, 4) is 5.75 Å². The van der Waals surface area contributed by atoms with Crippen molar-refractivity contribution in [2.24, 2.45) is 0 Å². The van der Waals surface area contributed by atoms with Gasteiger partial charge in [-0.2, -0.15) is 13.2 Å². The van der Waals surface area contributed by atoms with E-state index >= 15 is 0 Å². The van der Waals surface area contributed by atoms with Crippen LogP contribution in [0.25, 0.3) is 0 Å². The third kappa shape index (κ3) is 5.39. The number of ether oxygens (including phenoxy) is 1. The molecule has 0 amide bonds. The van der Waals surface area contributed by atoms with E-state index in [-0.39, 0.29) is 6.61 Å². The monoisotopic (exact) mass is 394 g/mol. The van der Waals surface area contributed by atoms with Crippen molar-refractivity contribution in [3.63, 3.8) is 0 Å². The van der Waals surface area contributed by atoms with Crippen molar-refractivity contribution in [3.05, 3.63) is 59.7 Å². The molecule has 1 atom stereocenters. The molecule has 1 aliphatic heterocycles. The van der Waals surface area contributed by atoms with Gasteiger partial charge in [-0.15, -0.1) is 0 Å². The molecule has 3 rings (SSSR count). The fraction of sp³-hybridized carbons (Fsp3) is 0.429. The second-order valence-corrected chi connectivity index (χ2v) is 7.06. The lowest BCUT2D eigenvalue weighted by atomic mass is 10.1. The molecule has 7 heteroatoms. The number of rotatable bonds is 6. The van der Waals surface area contributed by atoms with Crippen LogP contribution in [-0.4, -0.2) is 55.4 Å². The number of aliphatic hydroxyl groups is 1. The summed E-state index contributed by atoms with van der Waals surface area (Å²) in [6.45, 7) is 5.58. The number of nitrogens with zero attached hydrogens (tertiary/aromatic N) is 2. The number of aliphatic hydroxyl groups excluding tert-OH is 1. The second kappa shape index (κ2) is 8.84. The van der Waals surface area contributed by atoms with Crippen LogP contribution in [0, 0.1) is 6.92 Å². The Labute approximate surface area is 163 Å². The van der Waals surface area contributed by atoms with Gasteiger partial charge in [-0.1, -0.05) is 18.2 Å².